The normalized spacial score (nSPS) is 12.8. The molecule has 0 nitrogen and oxygen atoms in total. The molecule has 0 aliphatic carbocycles. The van der Waals surface area contributed by atoms with Crippen molar-refractivity contribution in [3.8, 4) is 0 Å². The Hall–Kier alpha value is -0.823. The molecule has 0 atom stereocenters. The molecule has 0 aliphatic heterocycles. The van der Waals surface area contributed by atoms with Crippen LogP contribution in [0.2, 0.25) is 12.1 Å². The first kappa shape index (κ1) is 14.2. The monoisotopic (exact) mass is 246 g/mol. The summed E-state index contributed by atoms with van der Waals surface area (Å²) in [6.45, 7) is 9.20. The van der Waals surface area contributed by atoms with Crippen LogP contribution in [0.5, 0.6) is 0 Å². The standard InChI is InChI=1S/C16H26Si/c1-5-13-17(14-6-2,15(4)7-3)16-11-9-8-10-12-16/h7-12H,5-6,13-14H2,1-4H3. The summed E-state index contributed by atoms with van der Waals surface area (Å²) in [5, 5.41) is 3.28. The van der Waals surface area contributed by atoms with Crippen molar-refractivity contribution in [1.29, 1.82) is 0 Å². The molecule has 1 rings (SSSR count). The average molecular weight is 246 g/mol. The molecule has 0 heterocycles. The molecule has 0 bridgehead atoms. The molecule has 0 spiro atoms. The Labute approximate surface area is 108 Å². The van der Waals surface area contributed by atoms with Crippen molar-refractivity contribution in [2.24, 2.45) is 0 Å². The predicted octanol–water partition coefficient (Wildman–Crippen LogP) is 4.67. The summed E-state index contributed by atoms with van der Waals surface area (Å²) in [6.07, 6.45) is 4.95. The van der Waals surface area contributed by atoms with E-state index in [-0.39, 0.29) is 0 Å². The van der Waals surface area contributed by atoms with Gasteiger partial charge in [0.2, 0.25) is 0 Å². The highest BCUT2D eigenvalue weighted by molar-refractivity contribution is 6.97. The predicted molar refractivity (Wildman–Crippen MR) is 81.5 cm³/mol. The molecule has 1 aromatic carbocycles. The van der Waals surface area contributed by atoms with E-state index in [2.05, 4.69) is 64.1 Å². The second kappa shape index (κ2) is 6.80. The molecule has 0 radical (unpaired) electrons. The van der Waals surface area contributed by atoms with Crippen molar-refractivity contribution in [2.45, 2.75) is 52.6 Å². The fourth-order valence-electron chi connectivity index (χ4n) is 2.92. The van der Waals surface area contributed by atoms with Gasteiger partial charge in [-0.05, 0) is 25.9 Å². The maximum Gasteiger partial charge on any atom is 0.112 e. The smallest absolute Gasteiger partial charge is 0.0922 e. The van der Waals surface area contributed by atoms with Crippen molar-refractivity contribution in [3.63, 3.8) is 0 Å². The van der Waals surface area contributed by atoms with E-state index in [1.165, 1.54) is 24.9 Å². The van der Waals surface area contributed by atoms with Gasteiger partial charge in [0.1, 0.15) is 8.07 Å². The molecule has 0 saturated heterocycles. The lowest BCUT2D eigenvalue weighted by molar-refractivity contribution is 0.988. The highest BCUT2D eigenvalue weighted by Crippen LogP contribution is 2.27. The summed E-state index contributed by atoms with van der Waals surface area (Å²) < 4.78 is 0. The zero-order valence-corrected chi connectivity index (χ0v) is 12.8. The molecular formula is C16H26Si. The minimum atomic E-state index is -1.41. The van der Waals surface area contributed by atoms with E-state index in [9.17, 15) is 0 Å². The Morgan fingerprint density at radius 2 is 1.59 bits per heavy atom. The third-order valence-electron chi connectivity index (χ3n) is 3.87. The van der Waals surface area contributed by atoms with E-state index < -0.39 is 8.07 Å². The Kier molecular flexibility index (Phi) is 5.70. The van der Waals surface area contributed by atoms with Gasteiger partial charge in [0.25, 0.3) is 0 Å². The summed E-state index contributed by atoms with van der Waals surface area (Å²) in [6, 6.07) is 14.0. The summed E-state index contributed by atoms with van der Waals surface area (Å²) in [5.41, 5.74) is 0. The lowest BCUT2D eigenvalue weighted by Crippen LogP contribution is -2.49. The quantitative estimate of drug-likeness (QED) is 0.640. The van der Waals surface area contributed by atoms with Crippen molar-refractivity contribution < 1.29 is 0 Å². The molecule has 0 saturated carbocycles. The molecule has 1 heteroatoms. The highest BCUT2D eigenvalue weighted by atomic mass is 28.3. The Morgan fingerprint density at radius 3 is 2.00 bits per heavy atom. The molecule has 1 aromatic rings. The summed E-state index contributed by atoms with van der Waals surface area (Å²) in [7, 11) is -1.41. The fraction of sp³-hybridized carbons (Fsp3) is 0.500. The zero-order chi connectivity index (χ0) is 12.7. The number of rotatable bonds is 6. The van der Waals surface area contributed by atoms with Gasteiger partial charge in [0.15, 0.2) is 0 Å². The van der Waals surface area contributed by atoms with Gasteiger partial charge in [-0.15, -0.1) is 0 Å². The van der Waals surface area contributed by atoms with Crippen LogP contribution in [-0.2, 0) is 0 Å². The molecule has 0 N–H and O–H groups in total. The van der Waals surface area contributed by atoms with Crippen molar-refractivity contribution in [2.75, 3.05) is 0 Å². The first-order chi connectivity index (χ1) is 8.21. The number of benzene rings is 1. The van der Waals surface area contributed by atoms with Crippen molar-refractivity contribution in [1.82, 2.24) is 0 Å². The zero-order valence-electron chi connectivity index (χ0n) is 11.8. The SMILES string of the molecule is CC=C(C)[Si](CCC)(CCC)c1ccccc1. The molecule has 94 valence electrons. The maximum absolute atomic E-state index is 2.35. The fourth-order valence-corrected chi connectivity index (χ4v) is 8.08. The summed E-state index contributed by atoms with van der Waals surface area (Å²) in [5.74, 6) is 0. The topological polar surface area (TPSA) is 0 Å². The molecule has 0 aromatic heterocycles. The highest BCUT2D eigenvalue weighted by Gasteiger charge is 2.34. The van der Waals surface area contributed by atoms with Gasteiger partial charge in [-0.1, -0.05) is 73.5 Å². The van der Waals surface area contributed by atoms with E-state index in [0.717, 1.165) is 0 Å². The summed E-state index contributed by atoms with van der Waals surface area (Å²) >= 11 is 0. The van der Waals surface area contributed by atoms with Crippen LogP contribution in [-0.4, -0.2) is 8.07 Å². The van der Waals surface area contributed by atoms with Crippen LogP contribution in [0.1, 0.15) is 40.5 Å². The van der Waals surface area contributed by atoms with E-state index in [0.29, 0.717) is 0 Å². The Morgan fingerprint density at radius 1 is 1.06 bits per heavy atom. The third-order valence-corrected chi connectivity index (χ3v) is 9.81. The van der Waals surface area contributed by atoms with Gasteiger partial charge in [-0.3, -0.25) is 0 Å². The first-order valence-electron chi connectivity index (χ1n) is 6.90. The van der Waals surface area contributed by atoms with Crippen LogP contribution in [0.3, 0.4) is 0 Å². The van der Waals surface area contributed by atoms with Crippen molar-refractivity contribution in [3.05, 3.63) is 41.6 Å². The molecule has 0 fully saturated rings. The van der Waals surface area contributed by atoms with Crippen LogP contribution in [0.4, 0.5) is 0 Å². The molecule has 0 aliphatic rings. The van der Waals surface area contributed by atoms with Gasteiger partial charge >= 0.3 is 0 Å². The lowest BCUT2D eigenvalue weighted by atomic mass is 10.4. The third kappa shape index (κ3) is 3.10. The molecule has 0 unspecified atom stereocenters. The molecule has 17 heavy (non-hydrogen) atoms. The molecular weight excluding hydrogens is 220 g/mol. The second-order valence-electron chi connectivity index (χ2n) is 4.92. The van der Waals surface area contributed by atoms with Crippen LogP contribution in [0.25, 0.3) is 0 Å². The second-order valence-corrected chi connectivity index (χ2v) is 9.45. The Bertz CT molecular complexity index is 345. The van der Waals surface area contributed by atoms with Crippen LogP contribution < -0.4 is 5.19 Å². The van der Waals surface area contributed by atoms with Gasteiger partial charge in [-0.2, -0.15) is 0 Å². The van der Waals surface area contributed by atoms with Gasteiger partial charge in [-0.25, -0.2) is 0 Å². The number of hydrogen-bond acceptors (Lipinski definition) is 0. The Balaban J connectivity index is 3.24. The summed E-state index contributed by atoms with van der Waals surface area (Å²) in [4.78, 5) is 0. The van der Waals surface area contributed by atoms with Gasteiger partial charge in [0, 0.05) is 0 Å². The van der Waals surface area contributed by atoms with E-state index in [1.54, 1.807) is 10.4 Å². The lowest BCUT2D eigenvalue weighted by Gasteiger charge is -2.33. The largest absolute Gasteiger partial charge is 0.112 e. The van der Waals surface area contributed by atoms with Crippen LogP contribution >= 0.6 is 0 Å². The van der Waals surface area contributed by atoms with E-state index in [1.807, 2.05) is 0 Å². The number of hydrogen-bond donors (Lipinski definition) is 0. The minimum absolute atomic E-state index is 1.30. The number of allylic oxidation sites excluding steroid dienone is 2. The van der Waals surface area contributed by atoms with Gasteiger partial charge < -0.3 is 0 Å². The van der Waals surface area contributed by atoms with Gasteiger partial charge in [0.05, 0.1) is 0 Å². The van der Waals surface area contributed by atoms with E-state index in [4.69, 9.17) is 0 Å². The van der Waals surface area contributed by atoms with Crippen LogP contribution in [0, 0.1) is 0 Å². The average Bonchev–Trinajstić information content (AvgIpc) is 2.38. The minimum Gasteiger partial charge on any atom is -0.0922 e. The van der Waals surface area contributed by atoms with Crippen molar-refractivity contribution >= 4 is 13.3 Å². The molecule has 0 amide bonds. The van der Waals surface area contributed by atoms with Crippen LogP contribution in [0.15, 0.2) is 41.6 Å². The van der Waals surface area contributed by atoms with E-state index >= 15 is 0 Å². The maximum atomic E-state index is 2.35. The first-order valence-corrected chi connectivity index (χ1v) is 9.31.